The molecule has 1 amide bonds. The second-order valence-electron chi connectivity index (χ2n) is 7.87. The number of rotatable bonds is 2. The summed E-state index contributed by atoms with van der Waals surface area (Å²) in [5, 5.41) is 4.83. The predicted molar refractivity (Wildman–Crippen MR) is 116 cm³/mol. The highest BCUT2D eigenvalue weighted by Gasteiger charge is 2.37. The van der Waals surface area contributed by atoms with Crippen molar-refractivity contribution >= 4 is 16.9 Å². The molecule has 150 valence electrons. The summed E-state index contributed by atoms with van der Waals surface area (Å²) in [7, 11) is 1.98. The number of hydrogen-bond acceptors (Lipinski definition) is 4. The number of amides is 1. The molecule has 2 aromatic heterocycles. The zero-order chi connectivity index (χ0) is 20.8. The summed E-state index contributed by atoms with van der Waals surface area (Å²) in [6, 6.07) is 15.8. The molecular weight excluding hydrogens is 374 g/mol. The van der Waals surface area contributed by atoms with E-state index in [0.717, 1.165) is 28.9 Å². The summed E-state index contributed by atoms with van der Waals surface area (Å²) in [6.07, 6.45) is 4.04. The third-order valence-corrected chi connectivity index (χ3v) is 5.97. The standard InChI is InChI=1S/C24H23N5O/c1-15-14-19-21(27-28(3)23(19)17-8-5-4-6-9-17)16(2)29(15)24(30)18-10-7-11-20-22(18)26-13-12-25-20/h4-13,15-16H,14H2,1-3H3. The first-order valence-electron chi connectivity index (χ1n) is 10.2. The van der Waals surface area contributed by atoms with E-state index < -0.39 is 0 Å². The minimum absolute atomic E-state index is 0.0290. The quantitative estimate of drug-likeness (QED) is 0.509. The first-order chi connectivity index (χ1) is 14.6. The Bertz CT molecular complexity index is 1240. The molecule has 0 saturated heterocycles. The van der Waals surface area contributed by atoms with Crippen LogP contribution in [0.1, 0.15) is 41.5 Å². The fourth-order valence-corrected chi connectivity index (χ4v) is 4.67. The third-order valence-electron chi connectivity index (χ3n) is 5.97. The molecular formula is C24H23N5O. The van der Waals surface area contributed by atoms with E-state index in [4.69, 9.17) is 5.10 Å². The number of hydrogen-bond donors (Lipinski definition) is 0. The van der Waals surface area contributed by atoms with Gasteiger partial charge in [-0.2, -0.15) is 5.10 Å². The lowest BCUT2D eigenvalue weighted by molar-refractivity contribution is 0.0577. The number of aromatic nitrogens is 4. The number of benzene rings is 2. The zero-order valence-corrected chi connectivity index (χ0v) is 17.3. The van der Waals surface area contributed by atoms with E-state index >= 15 is 0 Å². The lowest BCUT2D eigenvalue weighted by Crippen LogP contribution is -2.45. The van der Waals surface area contributed by atoms with Crippen molar-refractivity contribution in [1.82, 2.24) is 24.6 Å². The molecule has 0 saturated carbocycles. The Kier molecular flexibility index (Phi) is 4.35. The normalized spacial score (nSPS) is 18.4. The van der Waals surface area contributed by atoms with Crippen LogP contribution in [0.25, 0.3) is 22.3 Å². The number of fused-ring (bicyclic) bond motifs is 2. The molecule has 0 fully saturated rings. The van der Waals surface area contributed by atoms with Crippen molar-refractivity contribution in [2.75, 3.05) is 0 Å². The van der Waals surface area contributed by atoms with Gasteiger partial charge in [-0.25, -0.2) is 0 Å². The van der Waals surface area contributed by atoms with Crippen LogP contribution < -0.4 is 0 Å². The first kappa shape index (κ1) is 18.5. The number of carbonyl (C=O) groups excluding carboxylic acids is 1. The summed E-state index contributed by atoms with van der Waals surface area (Å²) in [5.74, 6) is -0.0290. The predicted octanol–water partition coefficient (Wildman–Crippen LogP) is 4.18. The molecule has 0 N–H and O–H groups in total. The molecule has 1 aliphatic rings. The zero-order valence-electron chi connectivity index (χ0n) is 17.3. The molecule has 6 heteroatoms. The van der Waals surface area contributed by atoms with E-state index in [9.17, 15) is 4.79 Å². The second kappa shape index (κ2) is 7.06. The van der Waals surface area contributed by atoms with E-state index in [1.165, 1.54) is 5.56 Å². The highest BCUT2D eigenvalue weighted by Crippen LogP contribution is 2.38. The van der Waals surface area contributed by atoms with E-state index in [1.807, 2.05) is 53.0 Å². The Morgan fingerprint density at radius 2 is 1.77 bits per heavy atom. The van der Waals surface area contributed by atoms with Crippen LogP contribution in [0.15, 0.2) is 60.9 Å². The van der Waals surface area contributed by atoms with Crippen molar-refractivity contribution in [3.63, 3.8) is 0 Å². The maximum atomic E-state index is 13.6. The summed E-state index contributed by atoms with van der Waals surface area (Å²) >= 11 is 0. The maximum absolute atomic E-state index is 13.6. The van der Waals surface area contributed by atoms with Gasteiger partial charge in [-0.1, -0.05) is 36.4 Å². The molecule has 0 spiro atoms. The van der Waals surface area contributed by atoms with Crippen LogP contribution in [0.5, 0.6) is 0 Å². The van der Waals surface area contributed by atoms with Crippen LogP contribution in [0.3, 0.4) is 0 Å². The van der Waals surface area contributed by atoms with Gasteiger partial charge in [0.2, 0.25) is 0 Å². The van der Waals surface area contributed by atoms with Crippen molar-refractivity contribution in [2.24, 2.45) is 7.05 Å². The molecule has 1 aliphatic heterocycles. The van der Waals surface area contributed by atoms with E-state index in [1.54, 1.807) is 12.4 Å². The molecule has 0 bridgehead atoms. The average Bonchev–Trinajstić information content (AvgIpc) is 3.09. The molecule has 4 aromatic rings. The first-order valence-corrected chi connectivity index (χ1v) is 10.2. The van der Waals surface area contributed by atoms with Gasteiger partial charge in [-0.05, 0) is 32.4 Å². The largest absolute Gasteiger partial charge is 0.327 e. The van der Waals surface area contributed by atoms with Gasteiger partial charge in [0.05, 0.1) is 28.5 Å². The Morgan fingerprint density at radius 3 is 2.57 bits per heavy atom. The highest BCUT2D eigenvalue weighted by molar-refractivity contribution is 6.05. The Labute approximate surface area is 175 Å². The van der Waals surface area contributed by atoms with Gasteiger partial charge < -0.3 is 4.90 Å². The smallest absolute Gasteiger partial charge is 0.256 e. The summed E-state index contributed by atoms with van der Waals surface area (Å²) < 4.78 is 1.95. The minimum Gasteiger partial charge on any atom is -0.327 e. The topological polar surface area (TPSA) is 63.9 Å². The number of aryl methyl sites for hydroxylation is 1. The van der Waals surface area contributed by atoms with Crippen molar-refractivity contribution in [2.45, 2.75) is 32.4 Å². The lowest BCUT2D eigenvalue weighted by atomic mass is 9.90. The van der Waals surface area contributed by atoms with Gasteiger partial charge in [0.15, 0.2) is 0 Å². The van der Waals surface area contributed by atoms with Crippen LogP contribution in [-0.4, -0.2) is 36.6 Å². The molecule has 2 unspecified atom stereocenters. The fourth-order valence-electron chi connectivity index (χ4n) is 4.67. The van der Waals surface area contributed by atoms with E-state index in [2.05, 4.69) is 35.9 Å². The molecule has 30 heavy (non-hydrogen) atoms. The summed E-state index contributed by atoms with van der Waals surface area (Å²) in [4.78, 5) is 24.3. The summed E-state index contributed by atoms with van der Waals surface area (Å²) in [6.45, 7) is 4.17. The van der Waals surface area contributed by atoms with Gasteiger partial charge in [-0.15, -0.1) is 0 Å². The molecule has 0 radical (unpaired) electrons. The van der Waals surface area contributed by atoms with Crippen LogP contribution >= 0.6 is 0 Å². The van der Waals surface area contributed by atoms with Gasteiger partial charge >= 0.3 is 0 Å². The number of carbonyl (C=O) groups is 1. The molecule has 6 nitrogen and oxygen atoms in total. The van der Waals surface area contributed by atoms with Crippen molar-refractivity contribution in [3.8, 4) is 11.3 Å². The van der Waals surface area contributed by atoms with Crippen LogP contribution in [-0.2, 0) is 13.5 Å². The van der Waals surface area contributed by atoms with E-state index in [-0.39, 0.29) is 18.0 Å². The Balaban J connectivity index is 1.58. The second-order valence-corrected chi connectivity index (χ2v) is 7.87. The fraction of sp³-hybridized carbons (Fsp3) is 0.250. The summed E-state index contributed by atoms with van der Waals surface area (Å²) in [5.41, 5.74) is 6.43. The number of nitrogens with zero attached hydrogens (tertiary/aromatic N) is 5. The molecule has 2 atom stereocenters. The van der Waals surface area contributed by atoms with Crippen LogP contribution in [0, 0.1) is 0 Å². The van der Waals surface area contributed by atoms with Crippen LogP contribution in [0.2, 0.25) is 0 Å². The molecule has 2 aromatic carbocycles. The van der Waals surface area contributed by atoms with Crippen LogP contribution in [0.4, 0.5) is 0 Å². The molecule has 3 heterocycles. The van der Waals surface area contributed by atoms with E-state index in [0.29, 0.717) is 11.1 Å². The monoisotopic (exact) mass is 397 g/mol. The molecule has 0 aliphatic carbocycles. The Hall–Kier alpha value is -3.54. The highest BCUT2D eigenvalue weighted by atomic mass is 16.2. The van der Waals surface area contributed by atoms with Crippen molar-refractivity contribution < 1.29 is 4.79 Å². The van der Waals surface area contributed by atoms with Gasteiger partial charge in [0.25, 0.3) is 5.91 Å². The lowest BCUT2D eigenvalue weighted by Gasteiger charge is -2.38. The average molecular weight is 397 g/mol. The molecule has 5 rings (SSSR count). The minimum atomic E-state index is -0.133. The van der Waals surface area contributed by atoms with Crippen molar-refractivity contribution in [3.05, 3.63) is 77.7 Å². The Morgan fingerprint density at radius 1 is 1.00 bits per heavy atom. The maximum Gasteiger partial charge on any atom is 0.256 e. The van der Waals surface area contributed by atoms with Gasteiger partial charge in [0.1, 0.15) is 5.52 Å². The number of para-hydroxylation sites is 1. The van der Waals surface area contributed by atoms with Gasteiger partial charge in [-0.3, -0.25) is 19.4 Å². The van der Waals surface area contributed by atoms with Crippen molar-refractivity contribution in [1.29, 1.82) is 0 Å². The van der Waals surface area contributed by atoms with Gasteiger partial charge in [0, 0.05) is 36.6 Å². The SMILES string of the molecule is CC1Cc2c(nn(C)c2-c2ccccc2)C(C)N1C(=O)c1cccc2nccnc12. The third kappa shape index (κ3) is 2.79.